The van der Waals surface area contributed by atoms with Gasteiger partial charge in [0.05, 0.1) is 0 Å². The predicted molar refractivity (Wildman–Crippen MR) is 92.9 cm³/mol. The normalized spacial score (nSPS) is 11.8. The van der Waals surface area contributed by atoms with Crippen LogP contribution >= 0.6 is 0 Å². The highest BCUT2D eigenvalue weighted by molar-refractivity contribution is 5.95. The van der Waals surface area contributed by atoms with E-state index in [-0.39, 0.29) is 24.4 Å². The van der Waals surface area contributed by atoms with E-state index < -0.39 is 0 Å². The summed E-state index contributed by atoms with van der Waals surface area (Å²) in [5.41, 5.74) is 6.58. The Kier molecular flexibility index (Phi) is 6.51. The molecule has 5 nitrogen and oxygen atoms in total. The maximum atomic E-state index is 12.0. The molecule has 0 spiro atoms. The first-order chi connectivity index (χ1) is 11.6. The standard InChI is InChI=1S/C19H23N3O2/c1-14(2)18(15-9-5-3-6-10-15)20-13-17(23)21-22-19(24)16-11-7-4-8-12-16/h3-12,14,18,20H,13H2,1-2H3,(H,21,23)(H,22,24)/p+1/t18-/m1/s1. The summed E-state index contributed by atoms with van der Waals surface area (Å²) in [5.74, 6) is -0.174. The van der Waals surface area contributed by atoms with Crippen molar-refractivity contribution in [1.82, 2.24) is 10.9 Å². The summed E-state index contributed by atoms with van der Waals surface area (Å²) in [4.78, 5) is 23.9. The Labute approximate surface area is 142 Å². The van der Waals surface area contributed by atoms with E-state index in [0.29, 0.717) is 11.5 Å². The number of quaternary nitrogens is 1. The van der Waals surface area contributed by atoms with Crippen molar-refractivity contribution in [2.24, 2.45) is 5.92 Å². The van der Waals surface area contributed by atoms with E-state index in [4.69, 9.17) is 0 Å². The molecule has 0 aliphatic heterocycles. The highest BCUT2D eigenvalue weighted by Gasteiger charge is 2.20. The van der Waals surface area contributed by atoms with Crippen LogP contribution in [0.5, 0.6) is 0 Å². The van der Waals surface area contributed by atoms with Gasteiger partial charge in [-0.1, -0.05) is 62.4 Å². The van der Waals surface area contributed by atoms with Crippen LogP contribution in [-0.4, -0.2) is 18.4 Å². The second-order valence-corrected chi connectivity index (χ2v) is 5.99. The Bertz CT molecular complexity index is 657. The fourth-order valence-electron chi connectivity index (χ4n) is 2.54. The van der Waals surface area contributed by atoms with Crippen LogP contribution in [0.15, 0.2) is 60.7 Å². The lowest BCUT2D eigenvalue weighted by Gasteiger charge is -2.19. The summed E-state index contributed by atoms with van der Waals surface area (Å²) in [5, 5.41) is 1.99. The molecule has 0 saturated heterocycles. The quantitative estimate of drug-likeness (QED) is 0.702. The van der Waals surface area contributed by atoms with Gasteiger partial charge in [0.15, 0.2) is 6.54 Å². The van der Waals surface area contributed by atoms with Crippen molar-refractivity contribution in [2.45, 2.75) is 19.9 Å². The minimum absolute atomic E-state index is 0.196. The van der Waals surface area contributed by atoms with Gasteiger partial charge in [0, 0.05) is 17.0 Å². The largest absolute Gasteiger partial charge is 0.332 e. The number of hydrazine groups is 1. The monoisotopic (exact) mass is 326 g/mol. The zero-order valence-electron chi connectivity index (χ0n) is 14.0. The second kappa shape index (κ2) is 8.84. The van der Waals surface area contributed by atoms with Gasteiger partial charge in [0.1, 0.15) is 6.04 Å². The summed E-state index contributed by atoms with van der Waals surface area (Å²) >= 11 is 0. The first kappa shape index (κ1) is 17.7. The second-order valence-electron chi connectivity index (χ2n) is 5.99. The van der Waals surface area contributed by atoms with Gasteiger partial charge in [0.25, 0.3) is 11.8 Å². The van der Waals surface area contributed by atoms with Crippen molar-refractivity contribution in [2.75, 3.05) is 6.54 Å². The molecule has 4 N–H and O–H groups in total. The van der Waals surface area contributed by atoms with Crippen LogP contribution in [-0.2, 0) is 4.79 Å². The minimum atomic E-state index is -0.326. The lowest BCUT2D eigenvalue weighted by atomic mass is 9.96. The topological polar surface area (TPSA) is 74.8 Å². The van der Waals surface area contributed by atoms with E-state index in [0.717, 1.165) is 0 Å². The molecular weight excluding hydrogens is 302 g/mol. The summed E-state index contributed by atoms with van der Waals surface area (Å²) < 4.78 is 0. The summed E-state index contributed by atoms with van der Waals surface area (Å²) in [7, 11) is 0. The molecule has 0 unspecified atom stereocenters. The Morgan fingerprint density at radius 2 is 1.50 bits per heavy atom. The highest BCUT2D eigenvalue weighted by Crippen LogP contribution is 2.16. The number of carbonyl (C=O) groups is 2. The molecule has 2 aromatic rings. The van der Waals surface area contributed by atoms with E-state index >= 15 is 0 Å². The van der Waals surface area contributed by atoms with Crippen LogP contribution < -0.4 is 16.2 Å². The van der Waals surface area contributed by atoms with E-state index in [9.17, 15) is 9.59 Å². The van der Waals surface area contributed by atoms with Gasteiger partial charge >= 0.3 is 0 Å². The van der Waals surface area contributed by atoms with Gasteiger partial charge < -0.3 is 5.32 Å². The predicted octanol–water partition coefficient (Wildman–Crippen LogP) is 1.41. The van der Waals surface area contributed by atoms with Gasteiger partial charge in [-0.3, -0.25) is 20.4 Å². The number of nitrogens with one attached hydrogen (secondary N) is 2. The number of amides is 2. The molecule has 2 rings (SSSR count). The maximum absolute atomic E-state index is 12.0. The smallest absolute Gasteiger partial charge is 0.293 e. The Balaban J connectivity index is 1.82. The van der Waals surface area contributed by atoms with Crippen LogP contribution in [0.4, 0.5) is 0 Å². The fourth-order valence-corrected chi connectivity index (χ4v) is 2.54. The summed E-state index contributed by atoms with van der Waals surface area (Å²) in [6.45, 7) is 4.50. The lowest BCUT2D eigenvalue weighted by Crippen LogP contribution is -2.88. The van der Waals surface area contributed by atoms with Crippen molar-refractivity contribution >= 4 is 11.8 Å². The van der Waals surface area contributed by atoms with Gasteiger partial charge in [-0.25, -0.2) is 0 Å². The average molecular weight is 326 g/mol. The average Bonchev–Trinajstić information content (AvgIpc) is 2.61. The molecule has 0 aliphatic carbocycles. The van der Waals surface area contributed by atoms with Gasteiger partial charge in [-0.15, -0.1) is 0 Å². The molecule has 24 heavy (non-hydrogen) atoms. The highest BCUT2D eigenvalue weighted by atomic mass is 16.2. The third-order valence-electron chi connectivity index (χ3n) is 3.81. The van der Waals surface area contributed by atoms with Crippen LogP contribution in [0, 0.1) is 5.92 Å². The fraction of sp³-hybridized carbons (Fsp3) is 0.263. The van der Waals surface area contributed by atoms with Crippen LogP contribution in [0.3, 0.4) is 0 Å². The Morgan fingerprint density at radius 1 is 0.917 bits per heavy atom. The van der Waals surface area contributed by atoms with Crippen LogP contribution in [0.25, 0.3) is 0 Å². The number of benzene rings is 2. The number of hydrogen-bond acceptors (Lipinski definition) is 2. The number of nitrogens with two attached hydrogens (primary N) is 1. The molecule has 126 valence electrons. The van der Waals surface area contributed by atoms with Gasteiger partial charge in [-0.2, -0.15) is 0 Å². The van der Waals surface area contributed by atoms with Gasteiger partial charge in [0.2, 0.25) is 0 Å². The van der Waals surface area contributed by atoms with Crippen LogP contribution in [0.1, 0.15) is 35.8 Å². The molecule has 0 bridgehead atoms. The molecular formula is C19H24N3O2+. The summed E-state index contributed by atoms with van der Waals surface area (Å²) in [6.07, 6.45) is 0. The van der Waals surface area contributed by atoms with E-state index in [1.165, 1.54) is 5.56 Å². The van der Waals surface area contributed by atoms with Crippen molar-refractivity contribution in [3.05, 3.63) is 71.8 Å². The number of hydrogen-bond donors (Lipinski definition) is 3. The number of carbonyl (C=O) groups excluding carboxylic acids is 2. The lowest BCUT2D eigenvalue weighted by molar-refractivity contribution is -0.692. The molecule has 2 aromatic carbocycles. The maximum Gasteiger partial charge on any atom is 0.293 e. The molecule has 0 radical (unpaired) electrons. The SMILES string of the molecule is CC(C)[C@@H]([NH2+]CC(=O)NNC(=O)c1ccccc1)c1ccccc1. The third kappa shape index (κ3) is 5.21. The molecule has 0 saturated carbocycles. The molecule has 1 atom stereocenters. The molecule has 2 amide bonds. The molecule has 0 aliphatic rings. The van der Waals surface area contributed by atoms with Gasteiger partial charge in [-0.05, 0) is 12.1 Å². The molecule has 0 heterocycles. The first-order valence-corrected chi connectivity index (χ1v) is 8.10. The third-order valence-corrected chi connectivity index (χ3v) is 3.81. The molecule has 5 heteroatoms. The summed E-state index contributed by atoms with van der Waals surface area (Å²) in [6, 6.07) is 19.1. The van der Waals surface area contributed by atoms with Crippen molar-refractivity contribution < 1.29 is 14.9 Å². The first-order valence-electron chi connectivity index (χ1n) is 8.10. The van der Waals surface area contributed by atoms with Crippen molar-refractivity contribution in [1.29, 1.82) is 0 Å². The van der Waals surface area contributed by atoms with E-state index in [2.05, 4.69) is 36.8 Å². The van der Waals surface area contributed by atoms with Crippen molar-refractivity contribution in [3.8, 4) is 0 Å². The van der Waals surface area contributed by atoms with Crippen LogP contribution in [0.2, 0.25) is 0 Å². The molecule has 0 fully saturated rings. The minimum Gasteiger partial charge on any atom is -0.332 e. The zero-order valence-corrected chi connectivity index (χ0v) is 14.0. The molecule has 0 aromatic heterocycles. The van der Waals surface area contributed by atoms with E-state index in [1.54, 1.807) is 24.3 Å². The van der Waals surface area contributed by atoms with Crippen molar-refractivity contribution in [3.63, 3.8) is 0 Å². The number of rotatable bonds is 6. The van der Waals surface area contributed by atoms with E-state index in [1.807, 2.05) is 29.6 Å². The Morgan fingerprint density at radius 3 is 2.08 bits per heavy atom. The Hall–Kier alpha value is -2.66. The zero-order chi connectivity index (χ0) is 17.4.